The fraction of sp³-hybridized carbons (Fsp3) is 0.538. The fourth-order valence-electron chi connectivity index (χ4n) is 2.10. The van der Waals surface area contributed by atoms with E-state index >= 15 is 0 Å². The summed E-state index contributed by atoms with van der Waals surface area (Å²) in [5, 5.41) is 0. The van der Waals surface area contributed by atoms with Crippen molar-refractivity contribution in [3.05, 3.63) is 30.1 Å². The highest BCUT2D eigenvalue weighted by molar-refractivity contribution is 5.78. The van der Waals surface area contributed by atoms with Crippen molar-refractivity contribution in [1.82, 2.24) is 14.8 Å². The molecule has 1 aliphatic rings. The third-order valence-electron chi connectivity index (χ3n) is 3.25. The zero-order valence-corrected chi connectivity index (χ0v) is 10.3. The second-order valence-electron chi connectivity index (χ2n) is 4.35. The lowest BCUT2D eigenvalue weighted by Gasteiger charge is -2.34. The Kier molecular flexibility index (Phi) is 4.09. The molecule has 1 aromatic heterocycles. The van der Waals surface area contributed by atoms with Crippen LogP contribution in [0.1, 0.15) is 12.5 Å². The molecular weight excluding hydrogens is 214 g/mol. The number of rotatable bonds is 3. The number of hydrogen-bond acceptors (Lipinski definition) is 3. The Bertz CT molecular complexity index is 358. The quantitative estimate of drug-likeness (QED) is 0.774. The van der Waals surface area contributed by atoms with Crippen LogP contribution in [0.4, 0.5) is 0 Å². The first-order valence-electron chi connectivity index (χ1n) is 6.18. The number of amides is 1. The molecule has 0 saturated carbocycles. The van der Waals surface area contributed by atoms with Crippen LogP contribution >= 0.6 is 0 Å². The van der Waals surface area contributed by atoms with Gasteiger partial charge in [0.15, 0.2) is 0 Å². The van der Waals surface area contributed by atoms with Crippen molar-refractivity contribution in [2.75, 3.05) is 32.7 Å². The van der Waals surface area contributed by atoms with Crippen LogP contribution in [0.5, 0.6) is 0 Å². The SMILES string of the molecule is CCN1CCN(C(=O)Cc2cccnc2)CC1. The van der Waals surface area contributed by atoms with Crippen molar-refractivity contribution in [1.29, 1.82) is 0 Å². The van der Waals surface area contributed by atoms with Crippen LogP contribution in [0.2, 0.25) is 0 Å². The molecule has 0 radical (unpaired) electrons. The van der Waals surface area contributed by atoms with E-state index in [0.717, 1.165) is 38.3 Å². The Morgan fingerprint density at radius 3 is 2.71 bits per heavy atom. The van der Waals surface area contributed by atoms with Gasteiger partial charge in [-0.3, -0.25) is 9.78 Å². The molecule has 1 aromatic rings. The van der Waals surface area contributed by atoms with E-state index in [9.17, 15) is 4.79 Å². The Balaban J connectivity index is 1.85. The highest BCUT2D eigenvalue weighted by Crippen LogP contribution is 2.05. The zero-order chi connectivity index (χ0) is 12.1. The van der Waals surface area contributed by atoms with Gasteiger partial charge in [-0.1, -0.05) is 13.0 Å². The molecule has 2 rings (SSSR count). The number of piperazine rings is 1. The highest BCUT2D eigenvalue weighted by atomic mass is 16.2. The minimum Gasteiger partial charge on any atom is -0.340 e. The van der Waals surface area contributed by atoms with Crippen molar-refractivity contribution in [3.8, 4) is 0 Å². The molecule has 0 N–H and O–H groups in total. The van der Waals surface area contributed by atoms with E-state index < -0.39 is 0 Å². The summed E-state index contributed by atoms with van der Waals surface area (Å²) in [7, 11) is 0. The molecule has 0 bridgehead atoms. The van der Waals surface area contributed by atoms with Gasteiger partial charge in [0.25, 0.3) is 0 Å². The second kappa shape index (κ2) is 5.77. The van der Waals surface area contributed by atoms with Crippen LogP contribution in [0.15, 0.2) is 24.5 Å². The van der Waals surface area contributed by atoms with Gasteiger partial charge in [0, 0.05) is 38.6 Å². The highest BCUT2D eigenvalue weighted by Gasteiger charge is 2.19. The van der Waals surface area contributed by atoms with Crippen LogP contribution < -0.4 is 0 Å². The van der Waals surface area contributed by atoms with E-state index in [4.69, 9.17) is 0 Å². The number of aromatic nitrogens is 1. The molecule has 1 saturated heterocycles. The van der Waals surface area contributed by atoms with E-state index in [1.165, 1.54) is 0 Å². The van der Waals surface area contributed by atoms with Crippen molar-refractivity contribution in [2.45, 2.75) is 13.3 Å². The van der Waals surface area contributed by atoms with E-state index in [-0.39, 0.29) is 5.91 Å². The maximum atomic E-state index is 12.0. The number of carbonyl (C=O) groups excluding carboxylic acids is 1. The normalized spacial score (nSPS) is 17.1. The predicted octanol–water partition coefficient (Wildman–Crippen LogP) is 0.788. The van der Waals surface area contributed by atoms with E-state index in [1.54, 1.807) is 12.4 Å². The standard InChI is InChI=1S/C13H19N3O/c1-2-15-6-8-16(9-7-15)13(17)10-12-4-3-5-14-11-12/h3-5,11H,2,6-10H2,1H3. The van der Waals surface area contributed by atoms with Crippen LogP contribution in [-0.4, -0.2) is 53.4 Å². The molecule has 0 aliphatic carbocycles. The van der Waals surface area contributed by atoms with Crippen LogP contribution in [0.25, 0.3) is 0 Å². The molecule has 1 amide bonds. The zero-order valence-electron chi connectivity index (χ0n) is 10.3. The van der Waals surface area contributed by atoms with E-state index in [0.29, 0.717) is 6.42 Å². The largest absolute Gasteiger partial charge is 0.340 e. The van der Waals surface area contributed by atoms with Gasteiger partial charge < -0.3 is 9.80 Å². The molecular formula is C13H19N3O. The number of hydrogen-bond donors (Lipinski definition) is 0. The summed E-state index contributed by atoms with van der Waals surface area (Å²) in [4.78, 5) is 20.4. The topological polar surface area (TPSA) is 36.4 Å². The van der Waals surface area contributed by atoms with Gasteiger partial charge in [0.05, 0.1) is 6.42 Å². The van der Waals surface area contributed by atoms with Gasteiger partial charge in [-0.2, -0.15) is 0 Å². The average Bonchev–Trinajstić information content (AvgIpc) is 2.40. The predicted molar refractivity (Wildman–Crippen MR) is 66.6 cm³/mol. The van der Waals surface area contributed by atoms with Crippen molar-refractivity contribution in [3.63, 3.8) is 0 Å². The molecule has 0 aromatic carbocycles. The molecule has 0 atom stereocenters. The summed E-state index contributed by atoms with van der Waals surface area (Å²) in [5.41, 5.74) is 0.996. The van der Waals surface area contributed by atoms with E-state index in [1.807, 2.05) is 17.0 Å². The third-order valence-corrected chi connectivity index (χ3v) is 3.25. The maximum absolute atomic E-state index is 12.0. The van der Waals surface area contributed by atoms with Crippen LogP contribution in [-0.2, 0) is 11.2 Å². The monoisotopic (exact) mass is 233 g/mol. The summed E-state index contributed by atoms with van der Waals surface area (Å²) in [5.74, 6) is 0.216. The van der Waals surface area contributed by atoms with Crippen molar-refractivity contribution < 1.29 is 4.79 Å². The molecule has 0 spiro atoms. The molecule has 4 nitrogen and oxygen atoms in total. The minimum absolute atomic E-state index is 0.216. The van der Waals surface area contributed by atoms with Gasteiger partial charge >= 0.3 is 0 Å². The maximum Gasteiger partial charge on any atom is 0.227 e. The summed E-state index contributed by atoms with van der Waals surface area (Å²) in [6.45, 7) is 6.93. The second-order valence-corrected chi connectivity index (χ2v) is 4.35. The third kappa shape index (κ3) is 3.27. The minimum atomic E-state index is 0.216. The molecule has 2 heterocycles. The van der Waals surface area contributed by atoms with Crippen LogP contribution in [0.3, 0.4) is 0 Å². The number of carbonyl (C=O) groups is 1. The van der Waals surface area contributed by atoms with Gasteiger partial charge in [0.1, 0.15) is 0 Å². The summed E-state index contributed by atoms with van der Waals surface area (Å²) < 4.78 is 0. The Morgan fingerprint density at radius 2 is 2.12 bits per heavy atom. The first-order valence-corrected chi connectivity index (χ1v) is 6.18. The van der Waals surface area contributed by atoms with Gasteiger partial charge in [-0.15, -0.1) is 0 Å². The lowest BCUT2D eigenvalue weighted by atomic mass is 10.2. The molecule has 17 heavy (non-hydrogen) atoms. The Labute approximate surface area is 102 Å². The Morgan fingerprint density at radius 1 is 1.35 bits per heavy atom. The summed E-state index contributed by atoms with van der Waals surface area (Å²) >= 11 is 0. The number of pyridine rings is 1. The van der Waals surface area contributed by atoms with Crippen molar-refractivity contribution >= 4 is 5.91 Å². The van der Waals surface area contributed by atoms with Gasteiger partial charge in [-0.05, 0) is 18.2 Å². The summed E-state index contributed by atoms with van der Waals surface area (Å²) in [6.07, 6.45) is 3.97. The van der Waals surface area contributed by atoms with Gasteiger partial charge in [-0.25, -0.2) is 0 Å². The van der Waals surface area contributed by atoms with Crippen molar-refractivity contribution in [2.24, 2.45) is 0 Å². The van der Waals surface area contributed by atoms with Crippen LogP contribution in [0, 0.1) is 0 Å². The van der Waals surface area contributed by atoms with Gasteiger partial charge in [0.2, 0.25) is 5.91 Å². The Hall–Kier alpha value is -1.42. The molecule has 1 fully saturated rings. The molecule has 4 heteroatoms. The molecule has 1 aliphatic heterocycles. The van der Waals surface area contributed by atoms with E-state index in [2.05, 4.69) is 16.8 Å². The first-order chi connectivity index (χ1) is 8.29. The first kappa shape index (κ1) is 12.0. The number of nitrogens with zero attached hydrogens (tertiary/aromatic N) is 3. The average molecular weight is 233 g/mol. The lowest BCUT2D eigenvalue weighted by Crippen LogP contribution is -2.48. The molecule has 0 unspecified atom stereocenters. The number of likely N-dealkylation sites (N-methyl/N-ethyl adjacent to an activating group) is 1. The fourth-order valence-corrected chi connectivity index (χ4v) is 2.10. The smallest absolute Gasteiger partial charge is 0.227 e. The lowest BCUT2D eigenvalue weighted by molar-refractivity contribution is -0.132. The summed E-state index contributed by atoms with van der Waals surface area (Å²) in [6, 6.07) is 3.82. The molecule has 92 valence electrons.